The summed E-state index contributed by atoms with van der Waals surface area (Å²) in [4.78, 5) is 4.72. The number of hydrogen-bond acceptors (Lipinski definition) is 2. The summed E-state index contributed by atoms with van der Waals surface area (Å²) in [7, 11) is 0. The molecule has 2 N–H and O–H groups in total. The van der Waals surface area contributed by atoms with Crippen LogP contribution in [-0.4, -0.2) is 9.55 Å². The van der Waals surface area contributed by atoms with Gasteiger partial charge in [0.15, 0.2) is 0 Å². The second-order valence-electron chi connectivity index (χ2n) is 6.41. The van der Waals surface area contributed by atoms with Crippen LogP contribution in [0, 0.1) is 0 Å². The lowest BCUT2D eigenvalue weighted by Gasteiger charge is -2.19. The Labute approximate surface area is 153 Å². The zero-order valence-corrected chi connectivity index (χ0v) is 14.5. The molecular weight excluding hydrogens is 318 g/mol. The van der Waals surface area contributed by atoms with Crippen LogP contribution < -0.4 is 5.73 Å². The number of benzene rings is 3. The van der Waals surface area contributed by atoms with E-state index in [1.807, 2.05) is 42.7 Å². The first-order chi connectivity index (χ1) is 12.8. The largest absolute Gasteiger partial charge is 0.399 e. The van der Waals surface area contributed by atoms with E-state index in [0.29, 0.717) is 0 Å². The molecule has 3 aromatic carbocycles. The summed E-state index contributed by atoms with van der Waals surface area (Å²) in [5, 5.41) is 0. The minimum Gasteiger partial charge on any atom is -0.399 e. The van der Waals surface area contributed by atoms with Gasteiger partial charge in [-0.05, 0) is 28.8 Å². The zero-order valence-electron chi connectivity index (χ0n) is 14.5. The molecule has 0 aliphatic rings. The average Bonchev–Trinajstić information content (AvgIpc) is 3.11. The Morgan fingerprint density at radius 1 is 0.808 bits per heavy atom. The van der Waals surface area contributed by atoms with Crippen molar-refractivity contribution in [2.45, 2.75) is 12.5 Å². The standard InChI is InChI=1S/C23H21N3/c24-21-13-7-8-18(16-21)17-26-15-14-25-23(26)22(19-9-3-1-4-10-19)20-11-5-2-6-12-20/h1-16,22H,17,24H2. The molecule has 0 fully saturated rings. The van der Waals surface area contributed by atoms with E-state index in [2.05, 4.69) is 59.2 Å². The molecule has 1 heterocycles. The molecule has 26 heavy (non-hydrogen) atoms. The summed E-state index contributed by atoms with van der Waals surface area (Å²) in [6, 6.07) is 29.1. The first kappa shape index (κ1) is 16.2. The predicted octanol–water partition coefficient (Wildman–Crippen LogP) is 4.69. The normalized spacial score (nSPS) is 11.0. The molecule has 0 atom stereocenters. The van der Waals surface area contributed by atoms with Crippen LogP contribution in [0.4, 0.5) is 5.69 Å². The Morgan fingerprint density at radius 3 is 2.08 bits per heavy atom. The van der Waals surface area contributed by atoms with Gasteiger partial charge in [-0.25, -0.2) is 4.98 Å². The molecule has 0 saturated heterocycles. The van der Waals surface area contributed by atoms with Gasteiger partial charge in [-0.2, -0.15) is 0 Å². The van der Waals surface area contributed by atoms with Crippen molar-refractivity contribution in [2.24, 2.45) is 0 Å². The fourth-order valence-electron chi connectivity index (χ4n) is 3.38. The SMILES string of the molecule is Nc1cccc(Cn2ccnc2C(c2ccccc2)c2ccccc2)c1. The summed E-state index contributed by atoms with van der Waals surface area (Å²) in [6.45, 7) is 0.747. The van der Waals surface area contributed by atoms with Gasteiger partial charge in [0.25, 0.3) is 0 Å². The minimum atomic E-state index is 0.0912. The van der Waals surface area contributed by atoms with Gasteiger partial charge in [-0.1, -0.05) is 72.8 Å². The molecule has 4 aromatic rings. The van der Waals surface area contributed by atoms with E-state index in [9.17, 15) is 0 Å². The molecule has 3 heteroatoms. The highest BCUT2D eigenvalue weighted by atomic mass is 15.1. The van der Waals surface area contributed by atoms with Crippen molar-refractivity contribution in [3.8, 4) is 0 Å². The fourth-order valence-corrected chi connectivity index (χ4v) is 3.38. The Morgan fingerprint density at radius 2 is 1.46 bits per heavy atom. The van der Waals surface area contributed by atoms with E-state index >= 15 is 0 Å². The van der Waals surface area contributed by atoms with Crippen LogP contribution in [0.5, 0.6) is 0 Å². The number of nitrogen functional groups attached to an aromatic ring is 1. The van der Waals surface area contributed by atoms with Crippen LogP contribution >= 0.6 is 0 Å². The molecule has 0 saturated carbocycles. The van der Waals surface area contributed by atoms with Gasteiger partial charge in [0, 0.05) is 24.6 Å². The third kappa shape index (κ3) is 3.38. The summed E-state index contributed by atoms with van der Waals surface area (Å²) < 4.78 is 2.21. The number of rotatable bonds is 5. The maximum Gasteiger partial charge on any atom is 0.120 e. The van der Waals surface area contributed by atoms with E-state index in [0.717, 1.165) is 18.1 Å². The summed E-state index contributed by atoms with van der Waals surface area (Å²) in [5.74, 6) is 1.12. The summed E-state index contributed by atoms with van der Waals surface area (Å²) in [6.07, 6.45) is 3.91. The molecule has 0 unspecified atom stereocenters. The number of nitrogens with two attached hydrogens (primary N) is 1. The Kier molecular flexibility index (Phi) is 4.52. The van der Waals surface area contributed by atoms with Crippen LogP contribution in [0.15, 0.2) is 97.3 Å². The van der Waals surface area contributed by atoms with E-state index in [-0.39, 0.29) is 5.92 Å². The molecule has 4 rings (SSSR count). The molecule has 0 spiro atoms. The highest BCUT2D eigenvalue weighted by Gasteiger charge is 2.21. The first-order valence-electron chi connectivity index (χ1n) is 8.76. The fraction of sp³-hybridized carbons (Fsp3) is 0.0870. The molecule has 0 aliphatic heterocycles. The average molecular weight is 339 g/mol. The third-order valence-corrected chi connectivity index (χ3v) is 4.58. The van der Waals surface area contributed by atoms with Crippen molar-refractivity contribution >= 4 is 5.69 Å². The predicted molar refractivity (Wildman–Crippen MR) is 106 cm³/mol. The monoisotopic (exact) mass is 339 g/mol. The lowest BCUT2D eigenvalue weighted by Crippen LogP contribution is -2.12. The number of nitrogens with zero attached hydrogens (tertiary/aromatic N) is 2. The number of anilines is 1. The lowest BCUT2D eigenvalue weighted by molar-refractivity contribution is 0.706. The topological polar surface area (TPSA) is 43.8 Å². The quantitative estimate of drug-likeness (QED) is 0.536. The van der Waals surface area contributed by atoms with E-state index in [1.54, 1.807) is 0 Å². The molecule has 128 valence electrons. The van der Waals surface area contributed by atoms with E-state index < -0.39 is 0 Å². The third-order valence-electron chi connectivity index (χ3n) is 4.58. The van der Waals surface area contributed by atoms with Gasteiger partial charge in [0.05, 0.1) is 5.92 Å². The molecule has 0 amide bonds. The highest BCUT2D eigenvalue weighted by molar-refractivity contribution is 5.42. The van der Waals surface area contributed by atoms with E-state index in [1.165, 1.54) is 16.7 Å². The maximum atomic E-state index is 5.94. The first-order valence-corrected chi connectivity index (χ1v) is 8.76. The summed E-state index contributed by atoms with van der Waals surface area (Å²) >= 11 is 0. The van der Waals surface area contributed by atoms with Crippen molar-refractivity contribution in [1.82, 2.24) is 9.55 Å². The lowest BCUT2D eigenvalue weighted by atomic mass is 9.90. The number of aromatic nitrogens is 2. The molecule has 0 radical (unpaired) electrons. The van der Waals surface area contributed by atoms with Crippen LogP contribution in [0.25, 0.3) is 0 Å². The molecular formula is C23H21N3. The minimum absolute atomic E-state index is 0.0912. The Balaban J connectivity index is 1.77. The van der Waals surface area contributed by atoms with Gasteiger partial charge >= 0.3 is 0 Å². The van der Waals surface area contributed by atoms with Gasteiger partial charge in [0.2, 0.25) is 0 Å². The van der Waals surface area contributed by atoms with Gasteiger partial charge in [0.1, 0.15) is 5.82 Å². The molecule has 1 aromatic heterocycles. The van der Waals surface area contributed by atoms with Crippen LogP contribution in [-0.2, 0) is 6.54 Å². The van der Waals surface area contributed by atoms with E-state index in [4.69, 9.17) is 10.7 Å². The Hall–Kier alpha value is -3.33. The van der Waals surface area contributed by atoms with Gasteiger partial charge < -0.3 is 10.3 Å². The van der Waals surface area contributed by atoms with Gasteiger partial charge in [-0.3, -0.25) is 0 Å². The van der Waals surface area contributed by atoms with Crippen molar-refractivity contribution in [3.63, 3.8) is 0 Å². The second kappa shape index (κ2) is 7.28. The Bertz CT molecular complexity index is 935. The van der Waals surface area contributed by atoms with Crippen molar-refractivity contribution in [2.75, 3.05) is 5.73 Å². The highest BCUT2D eigenvalue weighted by Crippen LogP contribution is 2.31. The number of hydrogen-bond donors (Lipinski definition) is 1. The maximum absolute atomic E-state index is 5.94. The zero-order chi connectivity index (χ0) is 17.8. The molecule has 0 bridgehead atoms. The van der Waals surface area contributed by atoms with Crippen LogP contribution in [0.1, 0.15) is 28.4 Å². The van der Waals surface area contributed by atoms with Crippen LogP contribution in [0.2, 0.25) is 0 Å². The smallest absolute Gasteiger partial charge is 0.120 e. The van der Waals surface area contributed by atoms with Crippen molar-refractivity contribution in [1.29, 1.82) is 0 Å². The summed E-state index contributed by atoms with van der Waals surface area (Å²) in [5.41, 5.74) is 10.4. The number of imidazole rings is 1. The molecule has 3 nitrogen and oxygen atoms in total. The van der Waals surface area contributed by atoms with Gasteiger partial charge in [-0.15, -0.1) is 0 Å². The van der Waals surface area contributed by atoms with Crippen molar-refractivity contribution in [3.05, 3.63) is 120 Å². The van der Waals surface area contributed by atoms with Crippen LogP contribution in [0.3, 0.4) is 0 Å². The second-order valence-corrected chi connectivity index (χ2v) is 6.41. The van der Waals surface area contributed by atoms with Crippen molar-refractivity contribution < 1.29 is 0 Å². The molecule has 0 aliphatic carbocycles.